The van der Waals surface area contributed by atoms with Gasteiger partial charge in [0.05, 0.1) is 19.3 Å². The maximum Gasteiger partial charge on any atom is 0.193 e. The van der Waals surface area contributed by atoms with Crippen molar-refractivity contribution in [1.29, 1.82) is 0 Å². The van der Waals surface area contributed by atoms with Crippen molar-refractivity contribution in [3.8, 4) is 0 Å². The average Bonchev–Trinajstić information content (AvgIpc) is 3.10. The van der Waals surface area contributed by atoms with Crippen molar-refractivity contribution < 1.29 is 4.74 Å². The highest BCUT2D eigenvalue weighted by molar-refractivity contribution is 14.0. The van der Waals surface area contributed by atoms with Gasteiger partial charge in [0.15, 0.2) is 5.96 Å². The van der Waals surface area contributed by atoms with Gasteiger partial charge in [0.1, 0.15) is 6.10 Å². The maximum absolute atomic E-state index is 6.22. The molecule has 1 N–H and O–H groups in total. The zero-order chi connectivity index (χ0) is 18.4. The summed E-state index contributed by atoms with van der Waals surface area (Å²) in [6, 6.07) is 8.01. The van der Waals surface area contributed by atoms with Gasteiger partial charge in [-0.1, -0.05) is 29.8 Å². The lowest BCUT2D eigenvalue weighted by atomic mass is 10.1. The van der Waals surface area contributed by atoms with E-state index in [0.29, 0.717) is 6.61 Å². The van der Waals surface area contributed by atoms with Crippen molar-refractivity contribution in [3.63, 3.8) is 0 Å². The van der Waals surface area contributed by atoms with Crippen molar-refractivity contribution in [2.75, 3.05) is 33.3 Å². The van der Waals surface area contributed by atoms with Gasteiger partial charge in [0.2, 0.25) is 0 Å². The summed E-state index contributed by atoms with van der Waals surface area (Å²) < 4.78 is 7.71. The molecule has 1 aliphatic rings. The highest BCUT2D eigenvalue weighted by Crippen LogP contribution is 2.21. The lowest BCUT2D eigenvalue weighted by molar-refractivity contribution is -0.00801. The standard InChI is InChI=1S/C19H26ClN5O.HI/c1-21-19(22-9-5-7-15-6-3-4-8-17(15)20)25-10-11-26-18(14-25)16-12-23-24(2)13-16;/h3-4,6,8,12-13,18H,5,7,9-11,14H2,1-2H3,(H,21,22);1H. The molecule has 0 bridgehead atoms. The molecule has 0 radical (unpaired) electrons. The Kier molecular flexibility index (Phi) is 8.85. The van der Waals surface area contributed by atoms with Gasteiger partial charge in [0, 0.05) is 44.0 Å². The zero-order valence-electron chi connectivity index (χ0n) is 15.8. The van der Waals surface area contributed by atoms with Gasteiger partial charge in [-0.2, -0.15) is 5.10 Å². The summed E-state index contributed by atoms with van der Waals surface area (Å²) in [7, 11) is 3.74. The highest BCUT2D eigenvalue weighted by Gasteiger charge is 2.24. The van der Waals surface area contributed by atoms with Gasteiger partial charge in [-0.05, 0) is 24.5 Å². The Morgan fingerprint density at radius 2 is 2.22 bits per heavy atom. The molecule has 1 fully saturated rings. The number of rotatable bonds is 5. The number of ether oxygens (including phenoxy) is 1. The van der Waals surface area contributed by atoms with E-state index in [0.717, 1.165) is 49.0 Å². The first-order valence-electron chi connectivity index (χ1n) is 8.96. The molecule has 8 heteroatoms. The number of nitrogens with zero attached hydrogens (tertiary/aromatic N) is 4. The molecule has 0 saturated carbocycles. The molecule has 1 saturated heterocycles. The van der Waals surface area contributed by atoms with Gasteiger partial charge < -0.3 is 15.0 Å². The van der Waals surface area contributed by atoms with Crippen molar-refractivity contribution in [2.45, 2.75) is 18.9 Å². The molecule has 1 aromatic heterocycles. The van der Waals surface area contributed by atoms with E-state index in [1.807, 2.05) is 44.7 Å². The monoisotopic (exact) mass is 503 g/mol. The smallest absolute Gasteiger partial charge is 0.193 e. The SMILES string of the molecule is CN=C(NCCCc1ccccc1Cl)N1CCOC(c2cnn(C)c2)C1.I. The van der Waals surface area contributed by atoms with Crippen LogP contribution in [0.1, 0.15) is 23.7 Å². The first-order valence-corrected chi connectivity index (χ1v) is 9.34. The molecule has 0 spiro atoms. The minimum Gasteiger partial charge on any atom is -0.370 e. The van der Waals surface area contributed by atoms with E-state index in [1.54, 1.807) is 4.68 Å². The highest BCUT2D eigenvalue weighted by atomic mass is 127. The van der Waals surface area contributed by atoms with Crippen molar-refractivity contribution in [3.05, 3.63) is 52.8 Å². The van der Waals surface area contributed by atoms with Crippen LogP contribution in [-0.4, -0.2) is 53.9 Å². The topological polar surface area (TPSA) is 54.7 Å². The van der Waals surface area contributed by atoms with Crippen LogP contribution in [-0.2, 0) is 18.2 Å². The Balaban J connectivity index is 0.00000261. The molecule has 2 aromatic rings. The minimum absolute atomic E-state index is 0. The van der Waals surface area contributed by atoms with E-state index in [4.69, 9.17) is 16.3 Å². The Morgan fingerprint density at radius 3 is 2.93 bits per heavy atom. The summed E-state index contributed by atoms with van der Waals surface area (Å²) in [6.07, 6.45) is 5.85. The van der Waals surface area contributed by atoms with Crippen molar-refractivity contribution >= 4 is 41.5 Å². The second-order valence-electron chi connectivity index (χ2n) is 6.42. The first kappa shape index (κ1) is 22.0. The van der Waals surface area contributed by atoms with Crippen molar-refractivity contribution in [2.24, 2.45) is 12.0 Å². The summed E-state index contributed by atoms with van der Waals surface area (Å²) in [6.45, 7) is 3.14. The molecule has 148 valence electrons. The molecule has 0 amide bonds. The number of guanidine groups is 1. The lowest BCUT2D eigenvalue weighted by Crippen LogP contribution is -2.48. The van der Waals surface area contributed by atoms with Crippen LogP contribution >= 0.6 is 35.6 Å². The Bertz CT molecular complexity index is 751. The summed E-state index contributed by atoms with van der Waals surface area (Å²) in [4.78, 5) is 6.68. The second-order valence-corrected chi connectivity index (χ2v) is 6.83. The van der Waals surface area contributed by atoms with Crippen LogP contribution in [0.5, 0.6) is 0 Å². The number of hydrogen-bond donors (Lipinski definition) is 1. The number of aliphatic imine (C=N–C) groups is 1. The fourth-order valence-corrected chi connectivity index (χ4v) is 3.39. The lowest BCUT2D eigenvalue weighted by Gasteiger charge is -2.34. The quantitative estimate of drug-likeness (QED) is 0.295. The molecular weight excluding hydrogens is 477 g/mol. The molecule has 1 aliphatic heterocycles. The Morgan fingerprint density at radius 1 is 1.41 bits per heavy atom. The third kappa shape index (κ3) is 6.08. The predicted molar refractivity (Wildman–Crippen MR) is 120 cm³/mol. The predicted octanol–water partition coefficient (Wildman–Crippen LogP) is 3.27. The van der Waals surface area contributed by atoms with Crippen LogP contribution in [0.15, 0.2) is 41.7 Å². The van der Waals surface area contributed by atoms with Crippen LogP contribution in [0.25, 0.3) is 0 Å². The van der Waals surface area contributed by atoms with E-state index in [1.165, 1.54) is 5.56 Å². The number of benzene rings is 1. The number of aromatic nitrogens is 2. The summed E-state index contributed by atoms with van der Waals surface area (Å²) in [5, 5.41) is 8.54. The summed E-state index contributed by atoms with van der Waals surface area (Å²) >= 11 is 6.22. The first-order chi connectivity index (χ1) is 12.7. The van der Waals surface area contributed by atoms with Crippen LogP contribution in [0, 0.1) is 0 Å². The Labute approximate surface area is 183 Å². The fourth-order valence-electron chi connectivity index (χ4n) is 3.16. The number of morpholine rings is 1. The zero-order valence-corrected chi connectivity index (χ0v) is 18.9. The molecule has 1 atom stereocenters. The van der Waals surface area contributed by atoms with E-state index >= 15 is 0 Å². The van der Waals surface area contributed by atoms with E-state index in [-0.39, 0.29) is 30.1 Å². The normalized spacial score (nSPS) is 17.5. The number of nitrogens with one attached hydrogen (secondary N) is 1. The Hall–Kier alpha value is -1.32. The molecule has 0 aliphatic carbocycles. The minimum atomic E-state index is 0. The molecule has 6 nitrogen and oxygen atoms in total. The van der Waals surface area contributed by atoms with E-state index < -0.39 is 0 Å². The van der Waals surface area contributed by atoms with E-state index in [9.17, 15) is 0 Å². The number of aryl methyl sites for hydroxylation is 2. The van der Waals surface area contributed by atoms with Crippen LogP contribution in [0.4, 0.5) is 0 Å². The van der Waals surface area contributed by atoms with Crippen LogP contribution < -0.4 is 5.32 Å². The van der Waals surface area contributed by atoms with Gasteiger partial charge in [0.25, 0.3) is 0 Å². The molecule has 2 heterocycles. The van der Waals surface area contributed by atoms with Crippen LogP contribution in [0.3, 0.4) is 0 Å². The van der Waals surface area contributed by atoms with Gasteiger partial charge in [-0.25, -0.2) is 0 Å². The van der Waals surface area contributed by atoms with Gasteiger partial charge >= 0.3 is 0 Å². The molecule has 3 rings (SSSR count). The second kappa shape index (κ2) is 10.9. The fraction of sp³-hybridized carbons (Fsp3) is 0.474. The largest absolute Gasteiger partial charge is 0.370 e. The van der Waals surface area contributed by atoms with Gasteiger partial charge in [-0.3, -0.25) is 9.67 Å². The number of halogens is 2. The molecule has 1 aromatic carbocycles. The third-order valence-corrected chi connectivity index (χ3v) is 4.91. The summed E-state index contributed by atoms with van der Waals surface area (Å²) in [5.74, 6) is 0.918. The van der Waals surface area contributed by atoms with Crippen molar-refractivity contribution in [1.82, 2.24) is 20.0 Å². The molecule has 27 heavy (non-hydrogen) atoms. The van der Waals surface area contributed by atoms with Gasteiger partial charge in [-0.15, -0.1) is 24.0 Å². The third-order valence-electron chi connectivity index (χ3n) is 4.54. The van der Waals surface area contributed by atoms with E-state index in [2.05, 4.69) is 26.4 Å². The molecule has 1 unspecified atom stereocenters. The number of hydrogen-bond acceptors (Lipinski definition) is 3. The van der Waals surface area contributed by atoms with Crippen LogP contribution in [0.2, 0.25) is 5.02 Å². The summed E-state index contributed by atoms with van der Waals surface area (Å²) in [5.41, 5.74) is 2.29. The maximum atomic E-state index is 6.22. The molecular formula is C19H27ClIN5O. The average molecular weight is 504 g/mol.